The summed E-state index contributed by atoms with van der Waals surface area (Å²) >= 11 is 6.25. The number of halogens is 2. The van der Waals surface area contributed by atoms with Crippen molar-refractivity contribution in [3.05, 3.63) is 76.6 Å². The lowest BCUT2D eigenvalue weighted by molar-refractivity contribution is -0.112. The molecule has 6 nitrogen and oxygen atoms in total. The van der Waals surface area contributed by atoms with Crippen LogP contribution in [0.5, 0.6) is 5.75 Å². The fourth-order valence-corrected chi connectivity index (χ4v) is 4.43. The number of nitrogens with zero attached hydrogens (tertiary/aromatic N) is 2. The number of carbonyl (C=O) groups is 1. The molecule has 3 aromatic rings. The van der Waals surface area contributed by atoms with Crippen molar-refractivity contribution in [1.29, 1.82) is 0 Å². The van der Waals surface area contributed by atoms with E-state index in [1.165, 1.54) is 63.0 Å². The summed E-state index contributed by atoms with van der Waals surface area (Å²) in [5.41, 5.74) is 7.27. The van der Waals surface area contributed by atoms with Gasteiger partial charge in [-0.2, -0.15) is 0 Å². The van der Waals surface area contributed by atoms with Crippen molar-refractivity contribution >= 4 is 34.0 Å². The first-order chi connectivity index (χ1) is 17.9. The van der Waals surface area contributed by atoms with Crippen LogP contribution in [-0.2, 0) is 17.6 Å². The number of hydrogen-bond acceptors (Lipinski definition) is 5. The molecule has 1 saturated heterocycles. The second-order valence-electron chi connectivity index (χ2n) is 9.62. The van der Waals surface area contributed by atoms with Crippen molar-refractivity contribution < 1.29 is 19.1 Å². The van der Waals surface area contributed by atoms with Gasteiger partial charge in [0.15, 0.2) is 0 Å². The molecule has 0 spiro atoms. The van der Waals surface area contributed by atoms with Gasteiger partial charge in [-0.05, 0) is 104 Å². The summed E-state index contributed by atoms with van der Waals surface area (Å²) < 4.78 is 18.8. The Hall–Kier alpha value is -3.16. The number of ether oxygens (including phenoxy) is 1. The highest BCUT2D eigenvalue weighted by Gasteiger charge is 2.24. The first-order valence-electron chi connectivity index (χ1n) is 12.8. The second-order valence-corrected chi connectivity index (χ2v) is 10.0. The van der Waals surface area contributed by atoms with Crippen LogP contribution in [0, 0.1) is 5.82 Å². The van der Waals surface area contributed by atoms with Crippen LogP contribution in [0.4, 0.5) is 4.39 Å². The molecule has 37 heavy (non-hydrogen) atoms. The Bertz CT molecular complexity index is 1260. The number of benzene rings is 3. The van der Waals surface area contributed by atoms with Crippen LogP contribution in [-0.4, -0.2) is 47.5 Å². The average Bonchev–Trinajstić information content (AvgIpc) is 3.67. The molecule has 1 aliphatic carbocycles. The van der Waals surface area contributed by atoms with E-state index in [1.807, 2.05) is 24.3 Å². The number of aryl methyl sites for hydroxylation is 2. The van der Waals surface area contributed by atoms with Crippen molar-refractivity contribution in [3.63, 3.8) is 0 Å². The number of carbonyl (C=O) groups excluding carboxylic acids is 1. The average molecular weight is 526 g/mol. The molecule has 1 aliphatic heterocycles. The van der Waals surface area contributed by atoms with E-state index in [4.69, 9.17) is 27.3 Å². The number of amides is 1. The molecular weight excluding hydrogens is 493 g/mol. The Balaban J connectivity index is 0.000000173. The van der Waals surface area contributed by atoms with Crippen LogP contribution in [0.25, 0.3) is 10.8 Å². The molecule has 0 bridgehead atoms. The van der Waals surface area contributed by atoms with Gasteiger partial charge in [0, 0.05) is 6.42 Å². The molecule has 0 radical (unpaired) electrons. The van der Waals surface area contributed by atoms with Gasteiger partial charge in [0.25, 0.3) is 5.91 Å². The Morgan fingerprint density at radius 2 is 1.76 bits per heavy atom. The number of oxime groups is 1. The quantitative estimate of drug-likeness (QED) is 0.200. The van der Waals surface area contributed by atoms with Gasteiger partial charge in [-0.1, -0.05) is 47.1 Å². The molecule has 3 aromatic carbocycles. The van der Waals surface area contributed by atoms with Crippen LogP contribution in [0.2, 0.25) is 5.02 Å². The molecule has 1 heterocycles. The van der Waals surface area contributed by atoms with E-state index in [0.29, 0.717) is 12.5 Å². The predicted octanol–water partition coefficient (Wildman–Crippen LogP) is 5.75. The Morgan fingerprint density at radius 3 is 2.41 bits per heavy atom. The van der Waals surface area contributed by atoms with E-state index in [2.05, 4.69) is 22.2 Å². The van der Waals surface area contributed by atoms with Crippen LogP contribution >= 0.6 is 11.6 Å². The number of hydrogen-bond donors (Lipinski definition) is 2. The molecule has 3 N–H and O–H groups in total. The molecule has 5 rings (SSSR count). The lowest BCUT2D eigenvalue weighted by Crippen LogP contribution is -2.37. The van der Waals surface area contributed by atoms with Crippen LogP contribution in [0.3, 0.4) is 0 Å². The fourth-order valence-electron chi connectivity index (χ4n) is 4.18. The predicted molar refractivity (Wildman–Crippen MR) is 145 cm³/mol. The number of nitrogens with two attached hydrogens (primary N) is 1. The van der Waals surface area contributed by atoms with Gasteiger partial charge in [-0.25, -0.2) is 4.39 Å². The van der Waals surface area contributed by atoms with Gasteiger partial charge in [0.1, 0.15) is 17.3 Å². The van der Waals surface area contributed by atoms with E-state index in [-0.39, 0.29) is 17.9 Å². The highest BCUT2D eigenvalue weighted by molar-refractivity contribution is 6.38. The van der Waals surface area contributed by atoms with Crippen LogP contribution in [0.1, 0.15) is 43.2 Å². The summed E-state index contributed by atoms with van der Waals surface area (Å²) in [6.07, 6.45) is 7.26. The molecular formula is C29H33ClFN3O3. The summed E-state index contributed by atoms with van der Waals surface area (Å²) in [7, 11) is 0. The minimum Gasteiger partial charge on any atom is -0.489 e. The van der Waals surface area contributed by atoms with Gasteiger partial charge in [-0.3, -0.25) is 4.79 Å². The molecule has 1 saturated carbocycles. The van der Waals surface area contributed by atoms with Gasteiger partial charge in [0.05, 0.1) is 11.1 Å². The van der Waals surface area contributed by atoms with Crippen LogP contribution in [0.15, 0.2) is 59.8 Å². The molecule has 2 fully saturated rings. The molecule has 0 aromatic heterocycles. The SMILES string of the molecule is Clc1cc(CCCN2CCC2)ccc1OC1CC1.NC(=O)/C(CCc1ccc2cc(F)ccc2c1)=N/O. The maximum atomic E-state index is 13.0. The van der Waals surface area contributed by atoms with E-state index in [0.717, 1.165) is 33.5 Å². The maximum absolute atomic E-state index is 13.0. The topological polar surface area (TPSA) is 88.2 Å². The van der Waals surface area contributed by atoms with Crippen molar-refractivity contribution in [2.75, 3.05) is 19.6 Å². The smallest absolute Gasteiger partial charge is 0.266 e. The Morgan fingerprint density at radius 1 is 1.05 bits per heavy atom. The first kappa shape index (κ1) is 26.9. The maximum Gasteiger partial charge on any atom is 0.266 e. The normalized spacial score (nSPS) is 15.6. The lowest BCUT2D eigenvalue weighted by Gasteiger charge is -2.30. The van der Waals surface area contributed by atoms with Gasteiger partial charge in [-0.15, -0.1) is 0 Å². The van der Waals surface area contributed by atoms with E-state index >= 15 is 0 Å². The zero-order chi connectivity index (χ0) is 26.2. The summed E-state index contributed by atoms with van der Waals surface area (Å²) in [6, 6.07) is 16.4. The summed E-state index contributed by atoms with van der Waals surface area (Å²) in [5, 5.41) is 14.0. The standard InChI is InChI=1S/C15H20ClNO.C14H13FN2O2/c16-14-11-12(3-1-8-17-9-2-10-17)4-7-15(14)18-13-5-6-13;15-12-5-4-10-7-9(1-3-11(10)8-12)2-6-13(17-19)14(16)18/h4,7,11,13H,1-3,5-6,8-10H2;1,3-5,7-8,19H,2,6H2,(H2,16,18)/b;17-13+. The first-order valence-corrected chi connectivity index (χ1v) is 13.2. The zero-order valence-corrected chi connectivity index (χ0v) is 21.6. The second kappa shape index (κ2) is 12.9. The van der Waals surface area contributed by atoms with Gasteiger partial charge in [0.2, 0.25) is 0 Å². The fraction of sp³-hybridized carbons (Fsp3) is 0.379. The van der Waals surface area contributed by atoms with Crippen molar-refractivity contribution in [3.8, 4) is 5.75 Å². The molecule has 8 heteroatoms. The summed E-state index contributed by atoms with van der Waals surface area (Å²) in [6.45, 7) is 3.79. The molecule has 0 unspecified atom stereocenters. The third-order valence-electron chi connectivity index (χ3n) is 6.63. The van der Waals surface area contributed by atoms with Gasteiger partial charge >= 0.3 is 0 Å². The van der Waals surface area contributed by atoms with Crippen molar-refractivity contribution in [2.45, 2.75) is 51.0 Å². The summed E-state index contributed by atoms with van der Waals surface area (Å²) in [5.74, 6) is -0.153. The number of primary amides is 1. The van der Waals surface area contributed by atoms with E-state index in [1.54, 1.807) is 6.07 Å². The lowest BCUT2D eigenvalue weighted by atomic mass is 10.0. The minimum absolute atomic E-state index is 0.0563. The van der Waals surface area contributed by atoms with Crippen molar-refractivity contribution in [1.82, 2.24) is 4.90 Å². The molecule has 0 atom stereocenters. The van der Waals surface area contributed by atoms with Crippen molar-refractivity contribution in [2.24, 2.45) is 10.9 Å². The number of likely N-dealkylation sites (tertiary alicyclic amines) is 1. The molecule has 1 amide bonds. The molecule has 196 valence electrons. The highest BCUT2D eigenvalue weighted by Crippen LogP contribution is 2.32. The summed E-state index contributed by atoms with van der Waals surface area (Å²) in [4.78, 5) is 13.4. The highest BCUT2D eigenvalue weighted by atomic mass is 35.5. The third kappa shape index (κ3) is 8.17. The van der Waals surface area contributed by atoms with E-state index < -0.39 is 5.91 Å². The monoisotopic (exact) mass is 525 g/mol. The Labute approximate surface area is 221 Å². The number of fused-ring (bicyclic) bond motifs is 1. The molecule has 2 aliphatic rings. The van der Waals surface area contributed by atoms with E-state index in [9.17, 15) is 9.18 Å². The third-order valence-corrected chi connectivity index (χ3v) is 6.92. The largest absolute Gasteiger partial charge is 0.489 e. The minimum atomic E-state index is -0.731. The van der Waals surface area contributed by atoms with Gasteiger partial charge < -0.3 is 20.6 Å². The Kier molecular flexibility index (Phi) is 9.36. The zero-order valence-electron chi connectivity index (χ0n) is 20.8. The number of rotatable bonds is 10. The van der Waals surface area contributed by atoms with Crippen LogP contribution < -0.4 is 10.5 Å².